The van der Waals surface area contributed by atoms with Gasteiger partial charge in [0, 0.05) is 25.5 Å². The maximum absolute atomic E-state index is 13.2. The summed E-state index contributed by atoms with van der Waals surface area (Å²) in [6.45, 7) is 11.4. The molecular formula is C38H64N6O5. The van der Waals surface area contributed by atoms with E-state index in [1.165, 1.54) is 57.8 Å². The molecule has 1 saturated heterocycles. The minimum atomic E-state index is -0.533. The molecule has 3 saturated carbocycles. The smallest absolute Gasteiger partial charge is 0.323 e. The Balaban J connectivity index is 0.940. The summed E-state index contributed by atoms with van der Waals surface area (Å²) in [7, 11) is 0. The Morgan fingerprint density at radius 1 is 0.796 bits per heavy atom. The van der Waals surface area contributed by atoms with Crippen LogP contribution in [0.4, 0.5) is 5.95 Å². The van der Waals surface area contributed by atoms with Crippen LogP contribution in [-0.4, -0.2) is 79.6 Å². The number of aromatic nitrogens is 2. The Hall–Kier alpha value is -2.34. The predicted octanol–water partition coefficient (Wildman–Crippen LogP) is 5.79. The van der Waals surface area contributed by atoms with Gasteiger partial charge in [0.1, 0.15) is 12.1 Å². The quantitative estimate of drug-likeness (QED) is 0.105. The van der Waals surface area contributed by atoms with E-state index in [1.54, 1.807) is 19.3 Å². The second kappa shape index (κ2) is 19.9. The van der Waals surface area contributed by atoms with E-state index in [0.717, 1.165) is 77.2 Å². The van der Waals surface area contributed by atoms with Crippen molar-refractivity contribution in [2.75, 3.05) is 44.2 Å². The Labute approximate surface area is 294 Å². The molecule has 11 heteroatoms. The first-order valence-electron chi connectivity index (χ1n) is 19.6. The highest BCUT2D eigenvalue weighted by Gasteiger charge is 2.34. The van der Waals surface area contributed by atoms with E-state index in [1.807, 2.05) is 0 Å². The summed E-state index contributed by atoms with van der Waals surface area (Å²) in [6.07, 6.45) is 20.5. The minimum Gasteiger partial charge on any atom is -0.461 e. The molecular weight excluding hydrogens is 620 g/mol. The molecule has 0 radical (unpaired) electrons. The first kappa shape index (κ1) is 37.9. The van der Waals surface area contributed by atoms with E-state index in [4.69, 9.17) is 14.3 Å². The first-order chi connectivity index (χ1) is 23.8. The fourth-order valence-corrected chi connectivity index (χ4v) is 8.07. The molecule has 1 aromatic heterocycles. The van der Waals surface area contributed by atoms with Crippen LogP contribution in [0.2, 0.25) is 0 Å². The van der Waals surface area contributed by atoms with E-state index in [9.17, 15) is 9.59 Å². The molecule has 4 fully saturated rings. The zero-order valence-electron chi connectivity index (χ0n) is 30.5. The zero-order chi connectivity index (χ0) is 34.4. The number of amides is 1. The van der Waals surface area contributed by atoms with E-state index >= 15 is 0 Å². The van der Waals surface area contributed by atoms with Crippen LogP contribution in [0.25, 0.3) is 0 Å². The van der Waals surface area contributed by atoms with Crippen LogP contribution in [-0.2, 0) is 19.1 Å². The number of carbonyl (C=O) groups is 2. The molecule has 2 heterocycles. The summed E-state index contributed by atoms with van der Waals surface area (Å²) in [5.41, 5.74) is 2.78. The highest BCUT2D eigenvalue weighted by Crippen LogP contribution is 2.31. The van der Waals surface area contributed by atoms with Gasteiger partial charge in [0.05, 0.1) is 12.2 Å². The van der Waals surface area contributed by atoms with Crippen LogP contribution in [0.3, 0.4) is 0 Å². The van der Waals surface area contributed by atoms with Gasteiger partial charge in [-0.2, -0.15) is 0 Å². The average Bonchev–Trinajstić information content (AvgIpc) is 3.64. The van der Waals surface area contributed by atoms with E-state index < -0.39 is 6.29 Å². The monoisotopic (exact) mass is 684 g/mol. The lowest BCUT2D eigenvalue weighted by Gasteiger charge is -2.34. The highest BCUT2D eigenvalue weighted by atomic mass is 16.8. The van der Waals surface area contributed by atoms with Crippen molar-refractivity contribution in [1.29, 1.82) is 0 Å². The largest absolute Gasteiger partial charge is 0.461 e. The number of hydrogen-bond acceptors (Lipinski definition) is 10. The van der Waals surface area contributed by atoms with Gasteiger partial charge in [-0.15, -0.1) is 0 Å². The third kappa shape index (κ3) is 12.4. The third-order valence-electron chi connectivity index (χ3n) is 11.2. The van der Waals surface area contributed by atoms with E-state index in [-0.39, 0.29) is 24.0 Å². The SMILES string of the molecule is CC(C)COC(C)ONC(=O)c1cnc(N2CCC(CNCC3CCC(CNC(C(=O)OC4CCCC4)C4CCCCC4)CC3)CC2)nc1. The van der Waals surface area contributed by atoms with Crippen LogP contribution in [0, 0.1) is 29.6 Å². The molecule has 1 amide bonds. The summed E-state index contributed by atoms with van der Waals surface area (Å²) in [4.78, 5) is 42.1. The van der Waals surface area contributed by atoms with Crippen LogP contribution in [0.15, 0.2) is 12.4 Å². The lowest BCUT2D eigenvalue weighted by atomic mass is 9.80. The summed E-state index contributed by atoms with van der Waals surface area (Å²) in [5, 5.41) is 7.54. The lowest BCUT2D eigenvalue weighted by molar-refractivity contribution is -0.163. The van der Waals surface area contributed by atoms with Crippen molar-refractivity contribution in [2.24, 2.45) is 29.6 Å². The van der Waals surface area contributed by atoms with Crippen molar-refractivity contribution in [3.63, 3.8) is 0 Å². The predicted molar refractivity (Wildman–Crippen MR) is 191 cm³/mol. The van der Waals surface area contributed by atoms with E-state index in [0.29, 0.717) is 41.8 Å². The van der Waals surface area contributed by atoms with Crippen LogP contribution >= 0.6 is 0 Å². The van der Waals surface area contributed by atoms with Crippen molar-refractivity contribution in [3.8, 4) is 0 Å². The average molecular weight is 685 g/mol. The molecule has 0 aromatic carbocycles. The Kier molecular flexibility index (Phi) is 15.4. The van der Waals surface area contributed by atoms with Crippen molar-refractivity contribution in [1.82, 2.24) is 26.1 Å². The number of carbonyl (C=O) groups excluding carboxylic acids is 2. The number of hydrogen-bond donors (Lipinski definition) is 3. The minimum absolute atomic E-state index is 0.0251. The number of hydroxylamine groups is 1. The van der Waals surface area contributed by atoms with Gasteiger partial charge < -0.3 is 25.0 Å². The second-order valence-corrected chi connectivity index (χ2v) is 15.7. The van der Waals surface area contributed by atoms with Crippen LogP contribution < -0.4 is 21.0 Å². The molecule has 3 N–H and O–H groups in total. The molecule has 1 aliphatic heterocycles. The molecule has 49 heavy (non-hydrogen) atoms. The summed E-state index contributed by atoms with van der Waals surface area (Å²) in [5.74, 6) is 3.17. The van der Waals surface area contributed by atoms with Gasteiger partial charge in [0.15, 0.2) is 6.29 Å². The zero-order valence-corrected chi connectivity index (χ0v) is 30.5. The van der Waals surface area contributed by atoms with Crippen LogP contribution in [0.1, 0.15) is 127 Å². The maximum atomic E-state index is 13.2. The Morgan fingerprint density at radius 2 is 1.39 bits per heavy atom. The van der Waals surface area contributed by atoms with Crippen molar-refractivity contribution < 1.29 is 23.9 Å². The van der Waals surface area contributed by atoms with Gasteiger partial charge in [0.25, 0.3) is 5.91 Å². The number of nitrogens with one attached hydrogen (secondary N) is 3. The fraction of sp³-hybridized carbons (Fsp3) is 0.842. The molecule has 2 unspecified atom stereocenters. The summed E-state index contributed by atoms with van der Waals surface area (Å²) >= 11 is 0. The number of rotatable bonds is 17. The number of esters is 1. The standard InChI is InChI=1S/C38H64N6O5/c1-27(2)26-47-28(3)49-43-36(45)33-24-41-38(42-25-33)44-19-17-31(18-20-44)22-39-21-29-13-15-30(16-14-29)23-40-35(32-9-5-4-6-10-32)37(46)48-34-11-7-8-12-34/h24-25,27-32,34-35,39-40H,4-23,26H2,1-3H3,(H,43,45). The van der Waals surface area contributed by atoms with Crippen molar-refractivity contribution >= 4 is 17.8 Å². The van der Waals surface area contributed by atoms with Gasteiger partial charge in [-0.25, -0.2) is 20.3 Å². The topological polar surface area (TPSA) is 127 Å². The second-order valence-electron chi connectivity index (χ2n) is 15.7. The number of anilines is 1. The third-order valence-corrected chi connectivity index (χ3v) is 11.2. The molecule has 0 bridgehead atoms. The van der Waals surface area contributed by atoms with Gasteiger partial charge in [-0.05, 0) is 133 Å². The summed E-state index contributed by atoms with van der Waals surface area (Å²) in [6, 6.07) is -0.117. The summed E-state index contributed by atoms with van der Waals surface area (Å²) < 4.78 is 11.5. The normalized spacial score (nSPS) is 24.2. The molecule has 4 aliphatic rings. The molecule has 5 rings (SSSR count). The number of piperidine rings is 1. The van der Waals surface area contributed by atoms with Crippen LogP contribution in [0.5, 0.6) is 0 Å². The molecule has 2 atom stereocenters. The van der Waals surface area contributed by atoms with Crippen molar-refractivity contribution in [2.45, 2.75) is 136 Å². The first-order valence-corrected chi connectivity index (χ1v) is 19.6. The molecule has 1 aromatic rings. The molecule has 0 spiro atoms. The van der Waals surface area contributed by atoms with Gasteiger partial charge in [0.2, 0.25) is 5.95 Å². The van der Waals surface area contributed by atoms with E-state index in [2.05, 4.69) is 44.8 Å². The highest BCUT2D eigenvalue weighted by molar-refractivity contribution is 5.92. The number of ether oxygens (including phenoxy) is 2. The van der Waals surface area contributed by atoms with Crippen molar-refractivity contribution in [3.05, 3.63) is 18.0 Å². The Bertz CT molecular complexity index is 1110. The Morgan fingerprint density at radius 3 is 2.02 bits per heavy atom. The maximum Gasteiger partial charge on any atom is 0.323 e. The van der Waals surface area contributed by atoms with Gasteiger partial charge in [-0.3, -0.25) is 9.59 Å². The molecule has 11 nitrogen and oxygen atoms in total. The fourth-order valence-electron chi connectivity index (χ4n) is 8.07. The lowest BCUT2D eigenvalue weighted by Crippen LogP contribution is -2.47. The van der Waals surface area contributed by atoms with Gasteiger partial charge >= 0.3 is 5.97 Å². The molecule has 276 valence electrons. The number of nitrogens with zero attached hydrogens (tertiary/aromatic N) is 3. The molecule has 3 aliphatic carbocycles. The van der Waals surface area contributed by atoms with Gasteiger partial charge in [-0.1, -0.05) is 33.1 Å².